The second-order valence-electron chi connectivity index (χ2n) is 3.06. The third-order valence-corrected chi connectivity index (χ3v) is 2.79. The van der Waals surface area contributed by atoms with Crippen molar-refractivity contribution in [1.82, 2.24) is 0 Å². The van der Waals surface area contributed by atoms with Crippen molar-refractivity contribution in [3.05, 3.63) is 46.9 Å². The summed E-state index contributed by atoms with van der Waals surface area (Å²) in [6, 6.07) is -1.85. The molecule has 0 fully saturated rings. The van der Waals surface area contributed by atoms with Crippen molar-refractivity contribution in [2.45, 2.75) is 18.3 Å². The maximum atomic E-state index is 8.12. The van der Waals surface area contributed by atoms with Gasteiger partial charge in [-0.3, -0.25) is 0 Å². The first kappa shape index (κ1) is 3.28. The lowest BCUT2D eigenvalue weighted by molar-refractivity contribution is 1.33. The molecule has 0 amide bonds. The van der Waals surface area contributed by atoms with Crippen molar-refractivity contribution in [3.63, 3.8) is 0 Å². The molecule has 0 radical (unpaired) electrons. The van der Waals surface area contributed by atoms with Crippen LogP contribution < -0.4 is 0 Å². The minimum atomic E-state index is -2.27. The zero-order valence-corrected chi connectivity index (χ0v) is 8.22. The highest BCUT2D eigenvalue weighted by Gasteiger charge is 2.12. The van der Waals surface area contributed by atoms with Crippen LogP contribution in [0.25, 0.3) is 10.8 Å². The van der Waals surface area contributed by atoms with E-state index in [2.05, 4.69) is 0 Å². The summed E-state index contributed by atoms with van der Waals surface area (Å²) in [5.41, 5.74) is -4.66. The Hall–Kier alpha value is -0.950. The van der Waals surface area contributed by atoms with Crippen LogP contribution in [0.2, 0.25) is 0 Å². The van der Waals surface area contributed by atoms with Gasteiger partial charge in [-0.05, 0) is 34.4 Å². The summed E-state index contributed by atoms with van der Waals surface area (Å²) in [4.78, 5) is 0. The smallest absolute Gasteiger partial charge is 0.0629 e. The van der Waals surface area contributed by atoms with Crippen molar-refractivity contribution in [2.75, 3.05) is 0 Å². The first-order valence-corrected chi connectivity index (χ1v) is 4.97. The Morgan fingerprint density at radius 1 is 1.21 bits per heavy atom. The Morgan fingerprint density at radius 2 is 2.00 bits per heavy atom. The maximum absolute atomic E-state index is 8.12. The maximum Gasteiger partial charge on any atom is 0.0629 e. The Bertz CT molecular complexity index is 806. The molecule has 0 bridgehead atoms. The van der Waals surface area contributed by atoms with Gasteiger partial charge in [-0.25, -0.2) is 0 Å². The molecule has 0 atom stereocenters. The van der Waals surface area contributed by atoms with E-state index in [1.54, 1.807) is 0 Å². The van der Waals surface area contributed by atoms with Gasteiger partial charge in [0, 0.05) is 16.9 Å². The minimum Gasteiger partial charge on any atom is -0.152 e. The minimum absolute atomic E-state index is 0.00301. The predicted molar refractivity (Wildman–Crippen MR) is 63.7 cm³/mol. The number of hydrogen-bond donors (Lipinski definition) is 0. The van der Waals surface area contributed by atoms with Gasteiger partial charge in [0.05, 0.1) is 6.85 Å². The van der Waals surface area contributed by atoms with Gasteiger partial charge in [0.15, 0.2) is 0 Å². The Kier molecular flexibility index (Phi) is 0.708. The van der Waals surface area contributed by atoms with Gasteiger partial charge in [0.2, 0.25) is 0 Å². The zero-order chi connectivity index (χ0) is 17.5. The van der Waals surface area contributed by atoms with E-state index in [0.717, 1.165) is 0 Å². The van der Waals surface area contributed by atoms with Crippen LogP contribution in [0.3, 0.4) is 0 Å². The summed E-state index contributed by atoms with van der Waals surface area (Å²) in [5, 5.41) is 0.0910. The Balaban J connectivity index is 2.76. The average Bonchev–Trinajstić information content (AvgIpc) is 2.39. The van der Waals surface area contributed by atoms with Crippen LogP contribution in [0.5, 0.6) is 0 Å². The van der Waals surface area contributed by atoms with E-state index < -0.39 is 23.5 Å². The standard InChI is InChI=1S/C13H12S/c1-9-5-6-11-8-14-7-10-3-2-4-12(9)13(10)11/h2-6H,7-8H2,1H3/i2D,3D,4D,5D,6D,7D2,8D2. The molecule has 2 aromatic carbocycles. The SMILES string of the molecule is [2H]c1c([2H])c2c3c(c([2H])c([2H])c(C)c3c1[2H])C([2H])([2H])SC2([2H])[2H]. The number of thioether (sulfide) groups is 1. The molecule has 0 unspecified atom stereocenters. The zero-order valence-electron chi connectivity index (χ0n) is 16.4. The summed E-state index contributed by atoms with van der Waals surface area (Å²) in [6.07, 6.45) is 0. The quantitative estimate of drug-likeness (QED) is 0.634. The van der Waals surface area contributed by atoms with Gasteiger partial charge >= 0.3 is 0 Å². The monoisotopic (exact) mass is 209 g/mol. The molecular formula is C13H12S. The van der Waals surface area contributed by atoms with Crippen LogP contribution in [-0.2, 0) is 11.4 Å². The molecule has 1 heteroatoms. The highest BCUT2D eigenvalue weighted by Crippen LogP contribution is 2.35. The van der Waals surface area contributed by atoms with Crippen molar-refractivity contribution in [3.8, 4) is 0 Å². The van der Waals surface area contributed by atoms with Gasteiger partial charge in [0.25, 0.3) is 0 Å². The van der Waals surface area contributed by atoms with Crippen LogP contribution in [0, 0.1) is 6.92 Å². The molecule has 0 nitrogen and oxygen atoms in total. The van der Waals surface area contributed by atoms with E-state index in [-0.39, 0.29) is 45.6 Å². The molecule has 14 heavy (non-hydrogen) atoms. The fourth-order valence-electron chi connectivity index (χ4n) is 1.50. The van der Waals surface area contributed by atoms with E-state index in [4.69, 9.17) is 12.3 Å². The van der Waals surface area contributed by atoms with Crippen molar-refractivity contribution in [1.29, 1.82) is 0 Å². The fourth-order valence-corrected chi connectivity index (χ4v) is 2.06. The van der Waals surface area contributed by atoms with E-state index in [0.29, 0.717) is 11.8 Å². The number of rotatable bonds is 0. The molecule has 0 N–H and O–H groups in total. The number of benzene rings is 2. The molecule has 1 heterocycles. The van der Waals surface area contributed by atoms with Gasteiger partial charge in [-0.1, -0.05) is 30.2 Å². The molecular weight excluding hydrogens is 188 g/mol. The molecule has 0 saturated carbocycles. The lowest BCUT2D eigenvalue weighted by atomic mass is 9.97. The molecule has 0 saturated heterocycles. The van der Waals surface area contributed by atoms with E-state index in [9.17, 15) is 0 Å². The normalized spacial score (nSPS) is 31.1. The molecule has 3 rings (SSSR count). The highest BCUT2D eigenvalue weighted by molar-refractivity contribution is 7.97. The molecule has 1 aliphatic heterocycles. The van der Waals surface area contributed by atoms with Crippen LogP contribution >= 0.6 is 11.8 Å². The Morgan fingerprint density at radius 3 is 2.86 bits per heavy atom. The molecule has 0 aliphatic carbocycles. The fraction of sp³-hybridized carbons (Fsp3) is 0.231. The van der Waals surface area contributed by atoms with E-state index >= 15 is 0 Å². The number of hydrogen-bond acceptors (Lipinski definition) is 1. The van der Waals surface area contributed by atoms with Gasteiger partial charge in [-0.15, -0.1) is 0 Å². The van der Waals surface area contributed by atoms with E-state index in [1.807, 2.05) is 0 Å². The number of aryl methyl sites for hydroxylation is 1. The third-order valence-electron chi connectivity index (χ3n) is 2.18. The topological polar surface area (TPSA) is 0 Å². The second-order valence-corrected chi connectivity index (χ2v) is 3.67. The lowest BCUT2D eigenvalue weighted by Crippen LogP contribution is -1.97. The third kappa shape index (κ3) is 1.09. The predicted octanol–water partition coefficient (Wildman–Crippen LogP) is 3.90. The lowest BCUT2D eigenvalue weighted by Gasteiger charge is -2.17. The molecule has 0 aromatic heterocycles. The summed E-state index contributed by atoms with van der Waals surface area (Å²) in [7, 11) is 0. The van der Waals surface area contributed by atoms with Crippen LogP contribution in [-0.4, -0.2) is 0 Å². The van der Waals surface area contributed by atoms with Gasteiger partial charge in [0.1, 0.15) is 0 Å². The van der Waals surface area contributed by atoms with E-state index in [1.165, 1.54) is 6.92 Å². The summed E-state index contributed by atoms with van der Waals surface area (Å²) >= 11 is 0.318. The van der Waals surface area contributed by atoms with Crippen molar-refractivity contribution < 1.29 is 12.3 Å². The van der Waals surface area contributed by atoms with Crippen LogP contribution in [0.4, 0.5) is 0 Å². The van der Waals surface area contributed by atoms with Gasteiger partial charge < -0.3 is 0 Å². The van der Waals surface area contributed by atoms with Crippen molar-refractivity contribution >= 4 is 22.5 Å². The summed E-state index contributed by atoms with van der Waals surface area (Å²) < 4.78 is 72.6. The summed E-state index contributed by atoms with van der Waals surface area (Å²) in [6.45, 7) is 1.50. The van der Waals surface area contributed by atoms with Crippen LogP contribution in [0.15, 0.2) is 30.2 Å². The van der Waals surface area contributed by atoms with Crippen molar-refractivity contribution in [2.24, 2.45) is 0 Å². The Labute approximate surface area is 101 Å². The average molecular weight is 209 g/mol. The molecule has 70 valence electrons. The molecule has 1 aliphatic rings. The highest BCUT2D eigenvalue weighted by atomic mass is 32.2. The molecule has 0 spiro atoms. The first-order valence-electron chi connectivity index (χ1n) is 8.66. The molecule has 2 aromatic rings. The van der Waals surface area contributed by atoms with Crippen LogP contribution in [0.1, 0.15) is 29.0 Å². The summed E-state index contributed by atoms with van der Waals surface area (Å²) in [5.74, 6) is 0. The largest absolute Gasteiger partial charge is 0.152 e. The van der Waals surface area contributed by atoms with Gasteiger partial charge in [-0.2, -0.15) is 11.8 Å². The second kappa shape index (κ2) is 3.03. The first-order chi connectivity index (χ1) is 10.4.